The number of aliphatic carboxylic acids is 1. The van der Waals surface area contributed by atoms with Gasteiger partial charge >= 0.3 is 25.7 Å². The monoisotopic (exact) mass is 870 g/mol. The Morgan fingerprint density at radius 2 is 0.883 bits per heavy atom. The second-order valence-corrected chi connectivity index (χ2v) is 17.7. The molecule has 0 spiro atoms. The fourth-order valence-corrected chi connectivity index (χ4v) is 7.36. The highest BCUT2D eigenvalue weighted by molar-refractivity contribution is 7.47. The number of ether oxygens (including phenoxy) is 2. The van der Waals surface area contributed by atoms with Crippen molar-refractivity contribution in [3.05, 3.63) is 36.5 Å². The first-order valence-corrected chi connectivity index (χ1v) is 25.5. The van der Waals surface area contributed by atoms with E-state index in [4.69, 9.17) is 24.8 Å². The maximum absolute atomic E-state index is 12.6. The minimum absolute atomic E-state index is 0.144. The van der Waals surface area contributed by atoms with Gasteiger partial charge in [0.1, 0.15) is 12.6 Å². The van der Waals surface area contributed by atoms with E-state index < -0.39 is 51.1 Å². The Bertz CT molecular complexity index is 1160. The number of allylic oxidation sites excluding steroid dienone is 6. The number of phosphoric acid groups is 1. The molecule has 11 nitrogen and oxygen atoms in total. The number of carboxylic acid groups (broad SMARTS) is 1. The average Bonchev–Trinajstić information content (AvgIpc) is 3.22. The van der Waals surface area contributed by atoms with Crippen molar-refractivity contribution >= 4 is 25.7 Å². The van der Waals surface area contributed by atoms with Gasteiger partial charge in [-0.15, -0.1) is 0 Å². The lowest BCUT2D eigenvalue weighted by Crippen LogP contribution is -2.34. The van der Waals surface area contributed by atoms with Crippen LogP contribution in [0.1, 0.15) is 219 Å². The van der Waals surface area contributed by atoms with Gasteiger partial charge in [0.2, 0.25) is 0 Å². The Hall–Kier alpha value is -2.30. The molecule has 0 aliphatic heterocycles. The van der Waals surface area contributed by atoms with Crippen molar-refractivity contribution in [3.8, 4) is 0 Å². The Morgan fingerprint density at radius 3 is 1.33 bits per heavy atom. The fraction of sp³-hybridized carbons (Fsp3) is 0.812. The number of phosphoric ester groups is 1. The lowest BCUT2D eigenvalue weighted by atomic mass is 10.0. The van der Waals surface area contributed by atoms with Crippen molar-refractivity contribution in [2.45, 2.75) is 231 Å². The molecule has 0 aliphatic rings. The van der Waals surface area contributed by atoms with Gasteiger partial charge in [0.25, 0.3) is 0 Å². The quantitative estimate of drug-likeness (QED) is 0.0175. The normalized spacial score (nSPS) is 13.9. The van der Waals surface area contributed by atoms with Crippen LogP contribution in [0.5, 0.6) is 0 Å². The third kappa shape index (κ3) is 42.4. The van der Waals surface area contributed by atoms with Crippen LogP contribution in [0.15, 0.2) is 36.5 Å². The first kappa shape index (κ1) is 57.7. The first-order chi connectivity index (χ1) is 29.1. The van der Waals surface area contributed by atoms with Gasteiger partial charge < -0.3 is 25.2 Å². The Morgan fingerprint density at radius 1 is 0.517 bits per heavy atom. The lowest BCUT2D eigenvalue weighted by molar-refractivity contribution is -0.161. The van der Waals surface area contributed by atoms with Crippen molar-refractivity contribution in [2.75, 3.05) is 19.8 Å². The molecule has 60 heavy (non-hydrogen) atoms. The van der Waals surface area contributed by atoms with E-state index in [2.05, 4.69) is 54.8 Å². The smallest absolute Gasteiger partial charge is 0.472 e. The van der Waals surface area contributed by atoms with Gasteiger partial charge in [-0.1, -0.05) is 179 Å². The van der Waals surface area contributed by atoms with Gasteiger partial charge in [-0.3, -0.25) is 23.4 Å². The second kappa shape index (κ2) is 43.4. The summed E-state index contributed by atoms with van der Waals surface area (Å²) in [5.41, 5.74) is 5.34. The fourth-order valence-electron chi connectivity index (χ4n) is 6.58. The van der Waals surface area contributed by atoms with Crippen LogP contribution in [0.4, 0.5) is 0 Å². The minimum atomic E-state index is -4.72. The van der Waals surface area contributed by atoms with E-state index in [0.29, 0.717) is 12.8 Å². The van der Waals surface area contributed by atoms with Crippen LogP contribution in [0.25, 0.3) is 0 Å². The van der Waals surface area contributed by atoms with Crippen LogP contribution in [0, 0.1) is 0 Å². The maximum Gasteiger partial charge on any atom is 0.472 e. The molecule has 0 fully saturated rings. The van der Waals surface area contributed by atoms with Crippen LogP contribution in [-0.4, -0.2) is 59.9 Å². The highest BCUT2D eigenvalue weighted by Crippen LogP contribution is 2.43. The molecule has 0 radical (unpaired) electrons. The highest BCUT2D eigenvalue weighted by Gasteiger charge is 2.28. The molecular weight excluding hydrogens is 781 g/mol. The van der Waals surface area contributed by atoms with E-state index in [9.17, 15) is 23.8 Å². The predicted octanol–water partition coefficient (Wildman–Crippen LogP) is 13.2. The number of rotatable bonds is 45. The van der Waals surface area contributed by atoms with Crippen LogP contribution >= 0.6 is 7.82 Å². The zero-order valence-electron chi connectivity index (χ0n) is 38.1. The molecule has 0 bridgehead atoms. The van der Waals surface area contributed by atoms with E-state index in [0.717, 1.165) is 57.8 Å². The maximum atomic E-state index is 12.6. The summed E-state index contributed by atoms with van der Waals surface area (Å²) in [6.07, 6.45) is 47.8. The van der Waals surface area contributed by atoms with Crippen molar-refractivity contribution in [1.82, 2.24) is 0 Å². The average molecular weight is 870 g/mol. The number of nitrogens with two attached hydrogens (primary N) is 1. The molecule has 12 heteroatoms. The van der Waals surface area contributed by atoms with Gasteiger partial charge in [0.15, 0.2) is 6.10 Å². The van der Waals surface area contributed by atoms with Gasteiger partial charge in [-0.2, -0.15) is 0 Å². The number of esters is 2. The molecular formula is C48H88NO10P. The number of carbonyl (C=O) groups is 3. The predicted molar refractivity (Wildman–Crippen MR) is 245 cm³/mol. The highest BCUT2D eigenvalue weighted by atomic mass is 31.2. The molecule has 0 saturated carbocycles. The SMILES string of the molecule is CCCCCC/C=C/C=C/CCCCCCCC(=O)O[C@@H](COC(=O)CCCCCCCCCCCCC/C=C/CCCCCCCC)COP(=O)(O)OC[C@H](N)C(=O)O. The molecule has 0 aromatic heterocycles. The summed E-state index contributed by atoms with van der Waals surface area (Å²) in [6, 6.07) is -1.52. The van der Waals surface area contributed by atoms with E-state index in [1.807, 2.05) is 0 Å². The Labute approximate surface area is 365 Å². The van der Waals surface area contributed by atoms with Crippen LogP contribution in [0.3, 0.4) is 0 Å². The second-order valence-electron chi connectivity index (χ2n) is 16.3. The van der Waals surface area contributed by atoms with Crippen LogP contribution < -0.4 is 5.73 Å². The molecule has 0 aromatic carbocycles. The first-order valence-electron chi connectivity index (χ1n) is 24.0. The van der Waals surface area contributed by atoms with Crippen LogP contribution in [0.2, 0.25) is 0 Å². The zero-order valence-corrected chi connectivity index (χ0v) is 38.9. The molecule has 0 amide bonds. The van der Waals surface area contributed by atoms with Crippen molar-refractivity contribution in [1.29, 1.82) is 0 Å². The molecule has 0 aliphatic carbocycles. The van der Waals surface area contributed by atoms with Crippen molar-refractivity contribution < 1.29 is 47.5 Å². The third-order valence-electron chi connectivity index (χ3n) is 10.4. The van der Waals surface area contributed by atoms with E-state index in [1.54, 1.807) is 0 Å². The molecule has 0 saturated heterocycles. The van der Waals surface area contributed by atoms with Gasteiger partial charge in [-0.05, 0) is 64.2 Å². The molecule has 4 N–H and O–H groups in total. The van der Waals surface area contributed by atoms with Gasteiger partial charge in [0.05, 0.1) is 13.2 Å². The van der Waals surface area contributed by atoms with Gasteiger partial charge in [-0.25, -0.2) is 4.57 Å². The summed E-state index contributed by atoms with van der Waals surface area (Å²) in [7, 11) is -4.72. The molecule has 3 atom stereocenters. The molecule has 0 aromatic rings. The summed E-state index contributed by atoms with van der Waals surface area (Å²) in [4.78, 5) is 46.1. The largest absolute Gasteiger partial charge is 0.480 e. The Kier molecular flexibility index (Phi) is 41.7. The van der Waals surface area contributed by atoms with E-state index >= 15 is 0 Å². The standard InChI is InChI=1S/C48H88NO10P/c1-3-5-7-9-11-13-15-17-19-20-21-22-23-24-26-27-29-31-33-35-37-39-46(50)56-41-44(42-57-60(54,55)58-43-45(49)48(52)53)59-47(51)40-38-36-34-32-30-28-25-18-16-14-12-10-8-6-4-2/h14,16-19,25,44-45H,3-13,15,20-24,26-43,49H2,1-2H3,(H,52,53)(H,54,55)/b16-14+,19-17+,25-18+/t44-,45-/m0/s1. The number of unbranched alkanes of at least 4 members (excludes halogenated alkanes) is 26. The van der Waals surface area contributed by atoms with Crippen LogP contribution in [-0.2, 0) is 37.5 Å². The Balaban J connectivity index is 4.27. The number of carbonyl (C=O) groups excluding carboxylic acids is 2. The molecule has 1 unspecified atom stereocenters. The molecule has 350 valence electrons. The number of carboxylic acids is 1. The van der Waals surface area contributed by atoms with Crippen molar-refractivity contribution in [3.63, 3.8) is 0 Å². The topological polar surface area (TPSA) is 172 Å². The summed E-state index contributed by atoms with van der Waals surface area (Å²) >= 11 is 0. The van der Waals surface area contributed by atoms with Crippen molar-refractivity contribution in [2.24, 2.45) is 5.73 Å². The van der Waals surface area contributed by atoms with Gasteiger partial charge in [0, 0.05) is 12.8 Å². The van der Waals surface area contributed by atoms with E-state index in [-0.39, 0.29) is 19.4 Å². The summed E-state index contributed by atoms with van der Waals surface area (Å²) in [6.45, 7) is 2.78. The zero-order chi connectivity index (χ0) is 44.2. The molecule has 0 rings (SSSR count). The lowest BCUT2D eigenvalue weighted by Gasteiger charge is -2.20. The third-order valence-corrected chi connectivity index (χ3v) is 11.3. The summed E-state index contributed by atoms with van der Waals surface area (Å²) in [5, 5.41) is 8.90. The summed E-state index contributed by atoms with van der Waals surface area (Å²) < 4.78 is 32.8. The minimum Gasteiger partial charge on any atom is -0.480 e. The molecule has 0 heterocycles. The number of hydrogen-bond donors (Lipinski definition) is 3. The summed E-state index contributed by atoms with van der Waals surface area (Å²) in [5.74, 6) is -2.39. The van der Waals surface area contributed by atoms with E-state index in [1.165, 1.54) is 122 Å². The number of hydrogen-bond acceptors (Lipinski definition) is 9.